The Balaban J connectivity index is 2.51. The molecule has 0 saturated carbocycles. The molecule has 2 amide bonds. The van der Waals surface area contributed by atoms with Gasteiger partial charge in [0.25, 0.3) is 0 Å². The largest absolute Gasteiger partial charge is 0.453 e. The normalized spacial score (nSPS) is 9.44. The first-order chi connectivity index (χ1) is 8.65. The number of nitrogens with one attached hydrogen (secondary N) is 2. The predicted molar refractivity (Wildman–Crippen MR) is 64.9 cm³/mol. The highest BCUT2D eigenvalue weighted by atomic mass is 16.5. The van der Waals surface area contributed by atoms with Gasteiger partial charge in [-0.15, -0.1) is 0 Å². The van der Waals surface area contributed by atoms with Crippen molar-refractivity contribution in [3.63, 3.8) is 0 Å². The summed E-state index contributed by atoms with van der Waals surface area (Å²) in [7, 11) is 2.62. The molecule has 0 heterocycles. The first-order valence-corrected chi connectivity index (χ1v) is 5.37. The van der Waals surface area contributed by atoms with Gasteiger partial charge in [-0.25, -0.2) is 9.59 Å². The summed E-state index contributed by atoms with van der Waals surface area (Å²) in [5, 5.41) is 5.16. The van der Waals surface area contributed by atoms with Crippen LogP contribution in [0.4, 0.5) is 9.59 Å². The number of methoxy groups -OCH3 is 2. The molecule has 0 spiro atoms. The smallest absolute Gasteiger partial charge is 0.407 e. The van der Waals surface area contributed by atoms with Crippen molar-refractivity contribution in [1.82, 2.24) is 10.6 Å². The number of hydrogen-bond acceptors (Lipinski definition) is 4. The zero-order valence-corrected chi connectivity index (χ0v) is 10.4. The number of carbonyl (C=O) groups excluding carboxylic acids is 2. The van der Waals surface area contributed by atoms with E-state index >= 15 is 0 Å². The van der Waals surface area contributed by atoms with Gasteiger partial charge in [0.1, 0.15) is 0 Å². The van der Waals surface area contributed by atoms with Gasteiger partial charge in [0.15, 0.2) is 0 Å². The Hall–Kier alpha value is -2.24. The molecule has 98 valence electrons. The molecule has 0 bridgehead atoms. The summed E-state index contributed by atoms with van der Waals surface area (Å²) in [4.78, 5) is 21.8. The van der Waals surface area contributed by atoms with E-state index in [1.807, 2.05) is 24.3 Å². The fourth-order valence-corrected chi connectivity index (χ4v) is 1.34. The quantitative estimate of drug-likeness (QED) is 0.849. The SMILES string of the molecule is COC(=O)NCc1cccc(CNC(=O)OC)c1. The van der Waals surface area contributed by atoms with Crippen molar-refractivity contribution in [1.29, 1.82) is 0 Å². The molecular weight excluding hydrogens is 236 g/mol. The van der Waals surface area contributed by atoms with Gasteiger partial charge >= 0.3 is 12.2 Å². The second kappa shape index (κ2) is 7.16. The molecule has 0 unspecified atom stereocenters. The van der Waals surface area contributed by atoms with E-state index in [9.17, 15) is 9.59 Å². The van der Waals surface area contributed by atoms with Gasteiger partial charge in [0.2, 0.25) is 0 Å². The highest BCUT2D eigenvalue weighted by Crippen LogP contribution is 2.05. The third-order valence-electron chi connectivity index (χ3n) is 2.24. The van der Waals surface area contributed by atoms with Crippen LogP contribution in [0.2, 0.25) is 0 Å². The molecule has 1 rings (SSSR count). The molecule has 6 nitrogen and oxygen atoms in total. The van der Waals surface area contributed by atoms with Crippen LogP contribution in [0.25, 0.3) is 0 Å². The maximum Gasteiger partial charge on any atom is 0.407 e. The molecule has 0 fully saturated rings. The average molecular weight is 252 g/mol. The number of benzene rings is 1. The molecule has 2 N–H and O–H groups in total. The molecular formula is C12H16N2O4. The Bertz CT molecular complexity index is 385. The molecule has 0 saturated heterocycles. The van der Waals surface area contributed by atoms with Gasteiger partial charge < -0.3 is 20.1 Å². The minimum atomic E-state index is -0.479. The second-order valence-electron chi connectivity index (χ2n) is 3.51. The number of amides is 2. The van der Waals surface area contributed by atoms with Gasteiger partial charge in [-0.3, -0.25) is 0 Å². The van der Waals surface area contributed by atoms with Crippen molar-refractivity contribution in [2.75, 3.05) is 14.2 Å². The van der Waals surface area contributed by atoms with Crippen LogP contribution in [0.3, 0.4) is 0 Å². The fraction of sp³-hybridized carbons (Fsp3) is 0.333. The summed E-state index contributed by atoms with van der Waals surface area (Å²) < 4.78 is 8.94. The van der Waals surface area contributed by atoms with Crippen LogP contribution in [0.15, 0.2) is 24.3 Å². The molecule has 1 aromatic carbocycles. The molecule has 0 aliphatic rings. The van der Waals surface area contributed by atoms with Crippen LogP contribution in [-0.2, 0) is 22.6 Å². The number of alkyl carbamates (subject to hydrolysis) is 2. The summed E-state index contributed by atoms with van der Waals surface area (Å²) >= 11 is 0. The van der Waals surface area contributed by atoms with Crippen LogP contribution in [-0.4, -0.2) is 26.4 Å². The third-order valence-corrected chi connectivity index (χ3v) is 2.24. The van der Waals surface area contributed by atoms with E-state index in [-0.39, 0.29) is 0 Å². The fourth-order valence-electron chi connectivity index (χ4n) is 1.34. The zero-order chi connectivity index (χ0) is 13.4. The third kappa shape index (κ3) is 4.73. The van der Waals surface area contributed by atoms with E-state index in [1.165, 1.54) is 14.2 Å². The summed E-state index contributed by atoms with van der Waals surface area (Å²) in [5.74, 6) is 0. The molecule has 0 aliphatic carbocycles. The molecule has 0 atom stereocenters. The van der Waals surface area contributed by atoms with Gasteiger partial charge in [0.05, 0.1) is 14.2 Å². The van der Waals surface area contributed by atoms with E-state index in [0.717, 1.165) is 11.1 Å². The van der Waals surface area contributed by atoms with Crippen LogP contribution in [0.1, 0.15) is 11.1 Å². The summed E-state index contributed by atoms with van der Waals surface area (Å²) in [6.45, 7) is 0.747. The Kier molecular flexibility index (Phi) is 5.50. The van der Waals surface area contributed by atoms with Gasteiger partial charge in [0, 0.05) is 13.1 Å². The Morgan fingerprint density at radius 2 is 1.44 bits per heavy atom. The summed E-state index contributed by atoms with van der Waals surface area (Å²) in [6.07, 6.45) is -0.957. The van der Waals surface area contributed by atoms with E-state index in [4.69, 9.17) is 0 Å². The van der Waals surface area contributed by atoms with Crippen LogP contribution in [0, 0.1) is 0 Å². The topological polar surface area (TPSA) is 76.7 Å². The van der Waals surface area contributed by atoms with Crippen molar-refractivity contribution < 1.29 is 19.1 Å². The number of ether oxygens (including phenoxy) is 2. The van der Waals surface area contributed by atoms with Crippen molar-refractivity contribution in [3.05, 3.63) is 35.4 Å². The molecule has 0 aliphatic heterocycles. The van der Waals surface area contributed by atoms with Crippen LogP contribution >= 0.6 is 0 Å². The molecule has 18 heavy (non-hydrogen) atoms. The van der Waals surface area contributed by atoms with Gasteiger partial charge in [-0.1, -0.05) is 24.3 Å². The number of carbonyl (C=O) groups is 2. The Morgan fingerprint density at radius 3 is 1.83 bits per heavy atom. The van der Waals surface area contributed by atoms with Gasteiger partial charge in [-0.05, 0) is 11.1 Å². The first kappa shape index (κ1) is 13.8. The van der Waals surface area contributed by atoms with E-state index < -0.39 is 12.2 Å². The average Bonchev–Trinajstić information content (AvgIpc) is 2.42. The summed E-state index contributed by atoms with van der Waals surface area (Å²) in [5.41, 5.74) is 1.84. The lowest BCUT2D eigenvalue weighted by molar-refractivity contribution is 0.170. The molecule has 0 radical (unpaired) electrons. The van der Waals surface area contributed by atoms with E-state index in [1.54, 1.807) is 0 Å². The Morgan fingerprint density at radius 1 is 1.00 bits per heavy atom. The number of hydrogen-bond donors (Lipinski definition) is 2. The van der Waals surface area contributed by atoms with Crippen LogP contribution < -0.4 is 10.6 Å². The van der Waals surface area contributed by atoms with Crippen molar-refractivity contribution in [2.45, 2.75) is 13.1 Å². The van der Waals surface area contributed by atoms with Crippen molar-refractivity contribution >= 4 is 12.2 Å². The first-order valence-electron chi connectivity index (χ1n) is 5.37. The highest BCUT2D eigenvalue weighted by molar-refractivity contribution is 5.67. The lowest BCUT2D eigenvalue weighted by Gasteiger charge is -2.07. The molecule has 0 aromatic heterocycles. The highest BCUT2D eigenvalue weighted by Gasteiger charge is 2.02. The molecule has 6 heteroatoms. The lowest BCUT2D eigenvalue weighted by Crippen LogP contribution is -2.23. The maximum absolute atomic E-state index is 10.9. The molecule has 1 aromatic rings. The Labute approximate surface area is 105 Å². The minimum Gasteiger partial charge on any atom is -0.453 e. The standard InChI is InChI=1S/C12H16N2O4/c1-17-11(15)13-7-9-4-3-5-10(6-9)8-14-12(16)18-2/h3-6H,7-8H2,1-2H3,(H,13,15)(H,14,16). The van der Waals surface area contributed by atoms with Crippen molar-refractivity contribution in [3.8, 4) is 0 Å². The lowest BCUT2D eigenvalue weighted by atomic mass is 10.1. The van der Waals surface area contributed by atoms with Crippen molar-refractivity contribution in [2.24, 2.45) is 0 Å². The zero-order valence-electron chi connectivity index (χ0n) is 10.4. The number of rotatable bonds is 4. The maximum atomic E-state index is 10.9. The van der Waals surface area contributed by atoms with Crippen LogP contribution in [0.5, 0.6) is 0 Å². The van der Waals surface area contributed by atoms with E-state index in [2.05, 4.69) is 20.1 Å². The second-order valence-corrected chi connectivity index (χ2v) is 3.51. The minimum absolute atomic E-state index is 0.374. The van der Waals surface area contributed by atoms with Gasteiger partial charge in [-0.2, -0.15) is 0 Å². The summed E-state index contributed by atoms with van der Waals surface area (Å²) in [6, 6.07) is 7.48. The predicted octanol–water partition coefficient (Wildman–Crippen LogP) is 1.40. The monoisotopic (exact) mass is 252 g/mol. The van der Waals surface area contributed by atoms with E-state index in [0.29, 0.717) is 13.1 Å².